The van der Waals surface area contributed by atoms with Crippen LogP contribution in [0.1, 0.15) is 24.2 Å². The van der Waals surface area contributed by atoms with E-state index in [-0.39, 0.29) is 36.6 Å². The Labute approximate surface area is 197 Å². The zero-order chi connectivity index (χ0) is 24.3. The Morgan fingerprint density at radius 1 is 0.941 bits per heavy atom. The molecule has 0 aliphatic carbocycles. The fraction of sp³-hybridized carbons (Fsp3) is 0.333. The van der Waals surface area contributed by atoms with Crippen molar-refractivity contribution < 1.29 is 22.7 Å². The minimum absolute atomic E-state index is 0.0443. The van der Waals surface area contributed by atoms with Gasteiger partial charge in [0.2, 0.25) is 10.0 Å². The number of amides is 1. The summed E-state index contributed by atoms with van der Waals surface area (Å²) < 4.78 is 38.9. The lowest BCUT2D eigenvalue weighted by Gasteiger charge is -2.34. The molecule has 0 atom stereocenters. The average Bonchev–Trinajstić information content (AvgIpc) is 2.84. The van der Waals surface area contributed by atoms with Gasteiger partial charge in [0, 0.05) is 37.8 Å². The Hall–Kier alpha value is -3.37. The maximum atomic E-state index is 13.2. The minimum atomic E-state index is -3.79. The highest BCUT2D eigenvalue weighted by Crippen LogP contribution is 2.31. The van der Waals surface area contributed by atoms with E-state index in [9.17, 15) is 18.0 Å². The number of fused-ring (bicyclic) bond motifs is 1. The van der Waals surface area contributed by atoms with Gasteiger partial charge < -0.3 is 19.4 Å². The van der Waals surface area contributed by atoms with Gasteiger partial charge in [0.05, 0.1) is 18.1 Å². The molecule has 1 fully saturated rings. The van der Waals surface area contributed by atoms with E-state index in [1.165, 1.54) is 21.3 Å². The van der Waals surface area contributed by atoms with E-state index in [1.54, 1.807) is 24.3 Å². The molecule has 3 aromatic rings. The lowest BCUT2D eigenvalue weighted by atomic mass is 10.1. The van der Waals surface area contributed by atoms with Gasteiger partial charge in [-0.3, -0.25) is 9.59 Å². The Morgan fingerprint density at radius 2 is 1.62 bits per heavy atom. The van der Waals surface area contributed by atoms with Gasteiger partial charge in [-0.1, -0.05) is 18.2 Å². The van der Waals surface area contributed by atoms with Gasteiger partial charge in [0.15, 0.2) is 11.5 Å². The number of para-hydroxylation sites is 1. The number of aromatic amines is 1. The number of rotatable bonds is 7. The summed E-state index contributed by atoms with van der Waals surface area (Å²) in [7, 11) is -3.79. The summed E-state index contributed by atoms with van der Waals surface area (Å²) in [5.74, 6) is 0.442. The topological polar surface area (TPSA) is 109 Å². The number of hydrogen-bond acceptors (Lipinski definition) is 6. The molecule has 0 unspecified atom stereocenters. The van der Waals surface area contributed by atoms with Crippen LogP contribution in [0.4, 0.5) is 0 Å². The first kappa shape index (κ1) is 23.8. The van der Waals surface area contributed by atoms with Gasteiger partial charge in [-0.05, 0) is 43.5 Å². The summed E-state index contributed by atoms with van der Waals surface area (Å²) in [6, 6.07) is 13.4. The average molecular weight is 486 g/mol. The zero-order valence-electron chi connectivity index (χ0n) is 19.1. The normalized spacial score (nSPS) is 14.8. The molecule has 34 heavy (non-hydrogen) atoms. The number of hydrogen-bond donors (Lipinski definition) is 1. The maximum Gasteiger partial charge on any atom is 0.261 e. The number of pyridine rings is 1. The van der Waals surface area contributed by atoms with Crippen LogP contribution in [0.15, 0.2) is 58.2 Å². The molecule has 1 aliphatic rings. The molecule has 180 valence electrons. The van der Waals surface area contributed by atoms with Crippen LogP contribution in [-0.2, 0) is 10.0 Å². The predicted molar refractivity (Wildman–Crippen MR) is 128 cm³/mol. The monoisotopic (exact) mass is 485 g/mol. The highest BCUT2D eigenvalue weighted by Gasteiger charge is 2.32. The molecule has 2 heterocycles. The number of carbonyl (C=O) groups excluding carboxylic acids is 1. The van der Waals surface area contributed by atoms with E-state index >= 15 is 0 Å². The molecule has 0 spiro atoms. The van der Waals surface area contributed by atoms with Crippen molar-refractivity contribution in [1.82, 2.24) is 14.2 Å². The van der Waals surface area contributed by atoms with Crippen LogP contribution in [0.25, 0.3) is 10.9 Å². The summed E-state index contributed by atoms with van der Waals surface area (Å²) in [5.41, 5.74) is 0.237. The number of carbonyl (C=O) groups is 1. The van der Waals surface area contributed by atoms with Crippen molar-refractivity contribution in [3.05, 3.63) is 64.4 Å². The molecular formula is C24H27N3O6S. The Kier molecular flexibility index (Phi) is 6.90. The van der Waals surface area contributed by atoms with E-state index < -0.39 is 21.5 Å². The Balaban J connectivity index is 1.50. The highest BCUT2D eigenvalue weighted by atomic mass is 32.2. The van der Waals surface area contributed by atoms with Crippen molar-refractivity contribution in [3.8, 4) is 11.5 Å². The fourth-order valence-corrected chi connectivity index (χ4v) is 5.39. The van der Waals surface area contributed by atoms with Gasteiger partial charge in [-0.2, -0.15) is 4.31 Å². The van der Waals surface area contributed by atoms with Crippen LogP contribution in [0.2, 0.25) is 0 Å². The van der Waals surface area contributed by atoms with Gasteiger partial charge in [-0.25, -0.2) is 8.42 Å². The summed E-state index contributed by atoms with van der Waals surface area (Å²) in [6.45, 7) is 5.06. The number of sulfonamides is 1. The second-order valence-electron chi connectivity index (χ2n) is 7.77. The molecule has 4 rings (SSSR count). The fourth-order valence-electron chi connectivity index (χ4n) is 3.95. The SMILES string of the molecule is CCOc1ccc(S(=O)(=O)N2CCN(C(=O)c3cc4ccccc4[nH]c3=O)CC2)cc1OCC. The predicted octanol–water partition coefficient (Wildman–Crippen LogP) is 2.47. The highest BCUT2D eigenvalue weighted by molar-refractivity contribution is 7.89. The molecule has 9 nitrogen and oxygen atoms in total. The molecule has 0 saturated carbocycles. The second kappa shape index (κ2) is 9.86. The molecule has 1 aliphatic heterocycles. The molecule has 2 aromatic carbocycles. The van der Waals surface area contributed by atoms with Gasteiger partial charge in [0.1, 0.15) is 5.56 Å². The molecular weight excluding hydrogens is 458 g/mol. The summed E-state index contributed by atoms with van der Waals surface area (Å²) in [4.78, 5) is 29.8. The van der Waals surface area contributed by atoms with Crippen LogP contribution >= 0.6 is 0 Å². The largest absolute Gasteiger partial charge is 0.490 e. The van der Waals surface area contributed by atoms with Crippen LogP contribution in [0.5, 0.6) is 11.5 Å². The number of aromatic nitrogens is 1. The first-order valence-corrected chi connectivity index (χ1v) is 12.6. The zero-order valence-corrected chi connectivity index (χ0v) is 19.9. The first-order chi connectivity index (χ1) is 16.3. The minimum Gasteiger partial charge on any atom is -0.490 e. The van der Waals surface area contributed by atoms with E-state index in [0.717, 1.165) is 5.39 Å². The second-order valence-corrected chi connectivity index (χ2v) is 9.71. The van der Waals surface area contributed by atoms with Crippen molar-refractivity contribution in [2.45, 2.75) is 18.7 Å². The third-order valence-electron chi connectivity index (χ3n) is 5.66. The number of piperazine rings is 1. The van der Waals surface area contributed by atoms with Crippen molar-refractivity contribution in [2.75, 3.05) is 39.4 Å². The van der Waals surface area contributed by atoms with Crippen LogP contribution in [0.3, 0.4) is 0 Å². The van der Waals surface area contributed by atoms with E-state index in [4.69, 9.17) is 9.47 Å². The third-order valence-corrected chi connectivity index (χ3v) is 7.56. The van der Waals surface area contributed by atoms with Crippen LogP contribution in [-0.4, -0.2) is 67.9 Å². The van der Waals surface area contributed by atoms with Crippen LogP contribution in [0, 0.1) is 0 Å². The van der Waals surface area contributed by atoms with Gasteiger partial charge in [-0.15, -0.1) is 0 Å². The summed E-state index contributed by atoms with van der Waals surface area (Å²) >= 11 is 0. The molecule has 1 aromatic heterocycles. The number of nitrogens with zero attached hydrogens (tertiary/aromatic N) is 2. The van der Waals surface area contributed by atoms with Crippen molar-refractivity contribution in [3.63, 3.8) is 0 Å². The molecule has 1 amide bonds. The van der Waals surface area contributed by atoms with Crippen molar-refractivity contribution in [2.24, 2.45) is 0 Å². The number of ether oxygens (including phenoxy) is 2. The first-order valence-electron chi connectivity index (χ1n) is 11.2. The standard InChI is InChI=1S/C24H27N3O6S/c1-3-32-21-10-9-18(16-22(21)33-4-2)34(30,31)27-13-11-26(12-14-27)24(29)19-15-17-7-5-6-8-20(17)25-23(19)28/h5-10,15-16H,3-4,11-14H2,1-2H3,(H,25,28). The van der Waals surface area contributed by atoms with E-state index in [1.807, 2.05) is 26.0 Å². The molecule has 1 N–H and O–H groups in total. The van der Waals surface area contributed by atoms with E-state index in [2.05, 4.69) is 4.98 Å². The third kappa shape index (κ3) is 4.64. The van der Waals surface area contributed by atoms with Crippen LogP contribution < -0.4 is 15.0 Å². The van der Waals surface area contributed by atoms with Crippen molar-refractivity contribution >= 4 is 26.8 Å². The molecule has 1 saturated heterocycles. The Morgan fingerprint density at radius 3 is 2.32 bits per heavy atom. The smallest absolute Gasteiger partial charge is 0.261 e. The van der Waals surface area contributed by atoms with Gasteiger partial charge in [0.25, 0.3) is 11.5 Å². The summed E-state index contributed by atoms with van der Waals surface area (Å²) in [6.07, 6.45) is 0. The summed E-state index contributed by atoms with van der Waals surface area (Å²) in [5, 5.41) is 0.757. The van der Waals surface area contributed by atoms with Gasteiger partial charge >= 0.3 is 0 Å². The molecule has 0 bridgehead atoms. The lowest BCUT2D eigenvalue weighted by molar-refractivity contribution is 0.0696. The van der Waals surface area contributed by atoms with E-state index in [0.29, 0.717) is 30.2 Å². The number of nitrogens with one attached hydrogen (secondary N) is 1. The Bertz CT molecular complexity index is 1360. The number of H-pyrrole nitrogens is 1. The molecule has 0 radical (unpaired) electrons. The maximum absolute atomic E-state index is 13.2. The lowest BCUT2D eigenvalue weighted by Crippen LogP contribution is -2.51. The molecule has 10 heteroatoms. The quantitative estimate of drug-likeness (QED) is 0.551. The van der Waals surface area contributed by atoms with Crippen molar-refractivity contribution in [1.29, 1.82) is 0 Å². The number of benzene rings is 2.